The van der Waals surface area contributed by atoms with Gasteiger partial charge in [0.15, 0.2) is 0 Å². The average molecular weight is 342 g/mol. The molecule has 0 fully saturated rings. The first-order valence-electron chi connectivity index (χ1n) is 3.57. The third-order valence-electron chi connectivity index (χ3n) is 1.28. The number of hydrogen-bond acceptors (Lipinski definition) is 7. The zero-order chi connectivity index (χ0) is 11.5. The van der Waals surface area contributed by atoms with Crippen LogP contribution < -0.4 is 0 Å². The molecule has 1 radical (unpaired) electrons. The van der Waals surface area contributed by atoms with E-state index >= 15 is 0 Å². The molecule has 0 unspecified atom stereocenters. The topological polar surface area (TPSA) is 93.2 Å². The normalized spacial score (nSPS) is 9.59. The van der Waals surface area contributed by atoms with Crippen LogP contribution in [0.25, 0.3) is 10.2 Å². The first kappa shape index (κ1) is 20.2. The molecule has 0 aliphatic heterocycles. The fraction of sp³-hybridized carbons (Fsp3) is 0. The molecular formula is C7H6MnNNaO4S3. The van der Waals surface area contributed by atoms with Crippen LogP contribution in [0.2, 0.25) is 0 Å². The van der Waals surface area contributed by atoms with Crippen LogP contribution in [-0.4, -0.2) is 52.1 Å². The summed E-state index contributed by atoms with van der Waals surface area (Å²) in [5, 5.41) is 0. The summed E-state index contributed by atoms with van der Waals surface area (Å²) in [4.78, 5) is 4.20. The Labute approximate surface area is 141 Å². The first-order valence-corrected chi connectivity index (χ1v) is 6.17. The maximum atomic E-state index is 8.52. The van der Waals surface area contributed by atoms with E-state index < -0.39 is 10.4 Å². The number of thiazole rings is 1. The molecule has 5 nitrogen and oxygen atoms in total. The molecule has 0 aliphatic carbocycles. The van der Waals surface area contributed by atoms with Gasteiger partial charge >= 0.3 is 46.6 Å². The van der Waals surface area contributed by atoms with Crippen LogP contribution >= 0.6 is 24.0 Å². The number of benzene rings is 1. The van der Waals surface area contributed by atoms with Crippen LogP contribution in [0, 0.1) is 0 Å². The number of rotatable bonds is 0. The van der Waals surface area contributed by atoms with Gasteiger partial charge in [0.25, 0.3) is 0 Å². The second kappa shape index (κ2) is 8.87. The number of nitrogens with zero attached hydrogens (tertiary/aromatic N) is 1. The van der Waals surface area contributed by atoms with Crippen molar-refractivity contribution in [3.63, 3.8) is 0 Å². The van der Waals surface area contributed by atoms with Gasteiger partial charge in [-0.2, -0.15) is 0 Å². The summed E-state index contributed by atoms with van der Waals surface area (Å²) in [5.74, 6) is 0. The summed E-state index contributed by atoms with van der Waals surface area (Å²) in [5.41, 5.74) is 1.04. The molecule has 0 amide bonds. The van der Waals surface area contributed by atoms with Crippen molar-refractivity contribution in [2.45, 2.75) is 4.34 Å². The zero-order valence-electron chi connectivity index (χ0n) is 7.53. The van der Waals surface area contributed by atoms with Gasteiger partial charge in [-0.15, -0.1) is 24.0 Å². The monoisotopic (exact) mass is 342 g/mol. The Kier molecular flexibility index (Phi) is 10.5. The summed E-state index contributed by atoms with van der Waals surface area (Å²) >= 11 is 5.76. The maximum absolute atomic E-state index is 8.52. The van der Waals surface area contributed by atoms with Crippen molar-refractivity contribution >= 4 is 74.1 Å². The van der Waals surface area contributed by atoms with Crippen molar-refractivity contribution < 1.29 is 34.6 Å². The summed E-state index contributed by atoms with van der Waals surface area (Å²) in [6.45, 7) is 0. The molecule has 0 N–H and O–H groups in total. The van der Waals surface area contributed by atoms with Gasteiger partial charge < -0.3 is 9.11 Å². The van der Waals surface area contributed by atoms with Crippen molar-refractivity contribution in [3.05, 3.63) is 24.3 Å². The molecule has 0 saturated carbocycles. The average Bonchev–Trinajstić information content (AvgIpc) is 2.40. The summed E-state index contributed by atoms with van der Waals surface area (Å²) in [6.07, 6.45) is 0. The molecule has 17 heavy (non-hydrogen) atoms. The Balaban J connectivity index is 0. The summed E-state index contributed by atoms with van der Waals surface area (Å²) in [7, 11) is -5.17. The quantitative estimate of drug-likeness (QED) is 0.327. The van der Waals surface area contributed by atoms with Gasteiger partial charge in [0, 0.05) is 10.4 Å². The van der Waals surface area contributed by atoms with Gasteiger partial charge in [-0.25, -0.2) is 4.98 Å². The van der Waals surface area contributed by atoms with Crippen LogP contribution in [0.15, 0.2) is 28.6 Å². The van der Waals surface area contributed by atoms with Gasteiger partial charge in [0.05, 0.1) is 10.2 Å². The van der Waals surface area contributed by atoms with Crippen molar-refractivity contribution in [3.8, 4) is 0 Å². The molecule has 1 heterocycles. The van der Waals surface area contributed by atoms with E-state index in [0.717, 1.165) is 9.86 Å². The van der Waals surface area contributed by atoms with Crippen LogP contribution in [0.4, 0.5) is 0 Å². The van der Waals surface area contributed by atoms with Gasteiger partial charge in [-0.1, -0.05) is 12.1 Å². The Morgan fingerprint density at radius 1 is 1.24 bits per heavy atom. The van der Waals surface area contributed by atoms with E-state index in [4.69, 9.17) is 17.5 Å². The third kappa shape index (κ3) is 9.43. The van der Waals surface area contributed by atoms with E-state index in [1.165, 1.54) is 4.70 Å². The Hall–Kier alpha value is 0.849. The number of hydrogen-bond donors (Lipinski definition) is 1. The number of thiol groups is 1. The molecule has 0 spiro atoms. The second-order valence-electron chi connectivity index (χ2n) is 2.37. The Morgan fingerprint density at radius 2 is 1.71 bits per heavy atom. The summed E-state index contributed by atoms with van der Waals surface area (Å²) in [6, 6.07) is 8.03. The van der Waals surface area contributed by atoms with Crippen LogP contribution in [0.5, 0.6) is 0 Å². The van der Waals surface area contributed by atoms with E-state index in [1.807, 2.05) is 24.3 Å². The molecule has 10 heteroatoms. The second-order valence-corrected chi connectivity index (χ2v) is 4.95. The van der Waals surface area contributed by atoms with Gasteiger partial charge in [0.2, 0.25) is 0 Å². The van der Waals surface area contributed by atoms with Gasteiger partial charge in [-0.05, 0) is 12.1 Å². The molecule has 2 aromatic rings. The molecule has 0 atom stereocenters. The zero-order valence-corrected chi connectivity index (χ0v) is 11.2. The van der Waals surface area contributed by atoms with Gasteiger partial charge in [0.1, 0.15) is 4.34 Å². The van der Waals surface area contributed by atoms with Crippen molar-refractivity contribution in [2.75, 3.05) is 0 Å². The summed E-state index contributed by atoms with van der Waals surface area (Å²) < 4.78 is 36.1. The molecule has 0 saturated heterocycles. The predicted octanol–water partition coefficient (Wildman–Crippen LogP) is 0.596. The van der Waals surface area contributed by atoms with Gasteiger partial charge in [-0.3, -0.25) is 8.42 Å². The molecule has 2 rings (SSSR count). The minimum atomic E-state index is -5.17. The Bertz CT molecular complexity index is 518. The first-order chi connectivity index (χ1) is 6.86. The number of fused-ring (bicyclic) bond motifs is 1. The molecule has 1 aromatic heterocycles. The SMILES string of the molecule is O=S(=O)([O-])[O-].Sc1nc2ccccc2s1.[Mn+2].[NaH]. The Morgan fingerprint density at radius 3 is 2.18 bits per heavy atom. The minimum absolute atomic E-state index is 0. The van der Waals surface area contributed by atoms with Crippen molar-refractivity contribution in [2.24, 2.45) is 0 Å². The molecule has 1 aromatic carbocycles. The van der Waals surface area contributed by atoms with Crippen LogP contribution in [0.3, 0.4) is 0 Å². The van der Waals surface area contributed by atoms with Crippen molar-refractivity contribution in [1.82, 2.24) is 4.98 Å². The third-order valence-corrected chi connectivity index (χ3v) is 2.50. The molecule has 0 bridgehead atoms. The van der Waals surface area contributed by atoms with E-state index in [1.54, 1.807) is 11.3 Å². The molecular weight excluding hydrogens is 336 g/mol. The number of aromatic nitrogens is 1. The van der Waals surface area contributed by atoms with Crippen molar-refractivity contribution in [1.29, 1.82) is 0 Å². The molecule has 0 aliphatic rings. The molecule has 89 valence electrons. The number of para-hydroxylation sites is 1. The van der Waals surface area contributed by atoms with Crippen LogP contribution in [0.1, 0.15) is 0 Å². The predicted molar refractivity (Wildman–Crippen MR) is 64.5 cm³/mol. The van der Waals surface area contributed by atoms with E-state index in [9.17, 15) is 0 Å². The van der Waals surface area contributed by atoms with E-state index in [0.29, 0.717) is 0 Å². The van der Waals surface area contributed by atoms with Crippen LogP contribution in [-0.2, 0) is 27.5 Å². The fourth-order valence-electron chi connectivity index (χ4n) is 0.860. The standard InChI is InChI=1S/C7H5NS2.Mn.Na.H2O4S.H/c9-7-8-5-3-1-2-4-6(5)10-7;;;1-5(2,3)4;/h1-4H,(H,8,9);;;(H2,1,2,3,4);/q;+2;;;/p-2. The van der Waals surface area contributed by atoms with E-state index in [2.05, 4.69) is 17.6 Å². The van der Waals surface area contributed by atoms with E-state index in [-0.39, 0.29) is 46.6 Å². The fourth-order valence-corrected chi connectivity index (χ4v) is 1.97.